The summed E-state index contributed by atoms with van der Waals surface area (Å²) in [5.74, 6) is 0. The fourth-order valence-electron chi connectivity index (χ4n) is 2.88. The van der Waals surface area contributed by atoms with Crippen molar-refractivity contribution in [3.8, 4) is 0 Å². The number of halogens is 1. The van der Waals surface area contributed by atoms with Crippen molar-refractivity contribution in [1.82, 2.24) is 0 Å². The Hall–Kier alpha value is 1.14. The van der Waals surface area contributed by atoms with E-state index in [1.165, 1.54) is 25.7 Å². The van der Waals surface area contributed by atoms with Crippen molar-refractivity contribution in [3.05, 3.63) is 58.5 Å². The molecule has 4 rings (SSSR count). The third-order valence-electron chi connectivity index (χ3n) is 7.43. The minimum absolute atomic E-state index is 0. The van der Waals surface area contributed by atoms with Gasteiger partial charge in [0.25, 0.3) is 0 Å². The van der Waals surface area contributed by atoms with Crippen LogP contribution in [0.2, 0.25) is 36.3 Å². The van der Waals surface area contributed by atoms with Gasteiger partial charge in [0.2, 0.25) is 0 Å². The fraction of sp³-hybridized carbons (Fsp3) is 0.667. The molecule has 0 aliphatic carbocycles. The molecule has 0 atom stereocenters. The maximum absolute atomic E-state index is 4.94. The maximum Gasteiger partial charge on any atom is 3.00 e. The molecule has 0 bridgehead atoms. The molecular weight excluding hydrogens is 834 g/mol. The molecule has 0 radical (unpaired) electrons. The SMILES string of the molecule is C1CCOC1.C1CCOC1.CC(C)(C)[Si](C)(C)[N-]c1ccc[cH-]1.CC(C)(C)[Si](C)(C)[N-]c1ccc[cH-]1.[Fe+2].[I-].[Lu+3]. The first-order chi connectivity index (χ1) is 16.7. The van der Waals surface area contributed by atoms with E-state index in [2.05, 4.69) is 92.0 Å². The minimum Gasteiger partial charge on any atom is -1.00 e. The van der Waals surface area contributed by atoms with Crippen molar-refractivity contribution in [3.63, 3.8) is 0 Å². The van der Waals surface area contributed by atoms with Gasteiger partial charge in [-0.15, -0.1) is 0 Å². The van der Waals surface area contributed by atoms with Crippen LogP contribution in [0, 0.1) is 36.9 Å². The molecule has 9 heteroatoms. The van der Waals surface area contributed by atoms with Crippen molar-refractivity contribution >= 4 is 27.8 Å². The van der Waals surface area contributed by atoms with E-state index >= 15 is 0 Å². The number of ether oxygens (including phenoxy) is 2. The molecule has 0 amide bonds. The largest absolute Gasteiger partial charge is 3.00 e. The number of hydrogen-bond acceptors (Lipinski definition) is 2. The van der Waals surface area contributed by atoms with Crippen LogP contribution in [-0.2, 0) is 26.5 Å². The summed E-state index contributed by atoms with van der Waals surface area (Å²) in [6.07, 6.45) is 5.11. The van der Waals surface area contributed by atoms with E-state index in [1.54, 1.807) is 0 Å². The third kappa shape index (κ3) is 19.1. The molecule has 0 N–H and O–H groups in total. The van der Waals surface area contributed by atoms with Crippen LogP contribution >= 0.6 is 0 Å². The summed E-state index contributed by atoms with van der Waals surface area (Å²) in [7, 11) is -2.97. The summed E-state index contributed by atoms with van der Waals surface area (Å²) in [5, 5.41) is 0.675. The summed E-state index contributed by atoms with van der Waals surface area (Å²) in [6.45, 7) is 27.0. The molecule has 2 aromatic rings. The standard InChI is InChI=1S/2C11H19NSi.2C4H8O.Fe.HI.Lu/c2*1-11(2,3)13(4,5)12-10-8-6-7-9-10;2*1-2-4-5-3-1;;;/h2*6-9H,1-5H3;2*1-4H2;;1H;/q2*-2;;;+2;;+3/p-1. The Morgan fingerprint density at radius 2 is 0.923 bits per heavy atom. The molecule has 234 valence electrons. The first-order valence-electron chi connectivity index (χ1n) is 13.7. The van der Waals surface area contributed by atoms with E-state index in [9.17, 15) is 0 Å². The Balaban J connectivity index is -0.000000466. The van der Waals surface area contributed by atoms with Crippen molar-refractivity contribution in [2.45, 2.75) is 103 Å². The average molecular weight is 889 g/mol. The summed E-state index contributed by atoms with van der Waals surface area (Å²) in [6, 6.07) is 16.5. The van der Waals surface area contributed by atoms with Gasteiger partial charge in [-0.2, -0.15) is 24.3 Å². The normalized spacial score (nSPS) is 14.8. The molecule has 2 saturated heterocycles. The summed E-state index contributed by atoms with van der Waals surface area (Å²) >= 11 is 0. The minimum atomic E-state index is -1.48. The first-order valence-corrected chi connectivity index (χ1v) is 19.6. The van der Waals surface area contributed by atoms with Crippen LogP contribution in [-0.4, -0.2) is 42.9 Å². The van der Waals surface area contributed by atoms with E-state index in [0.717, 1.165) is 37.8 Å². The molecule has 2 aliphatic heterocycles. The summed E-state index contributed by atoms with van der Waals surface area (Å²) in [5.41, 5.74) is 2.29. The molecule has 0 aromatic heterocycles. The smallest absolute Gasteiger partial charge is 1.00 e. The van der Waals surface area contributed by atoms with Crippen LogP contribution in [0.3, 0.4) is 0 Å². The molecule has 0 unspecified atom stereocenters. The van der Waals surface area contributed by atoms with Gasteiger partial charge in [-0.1, -0.05) is 77.8 Å². The van der Waals surface area contributed by atoms with Gasteiger partial charge in [0.05, 0.1) is 0 Å². The Morgan fingerprint density at radius 1 is 0.641 bits per heavy atom. The Morgan fingerprint density at radius 3 is 1.08 bits per heavy atom. The fourth-order valence-corrected chi connectivity index (χ4v) is 5.14. The molecule has 0 spiro atoms. The van der Waals surface area contributed by atoms with Crippen LogP contribution < -0.4 is 24.0 Å². The predicted octanol–water partition coefficient (Wildman–Crippen LogP) is 7.43. The van der Waals surface area contributed by atoms with Crippen LogP contribution in [0.5, 0.6) is 0 Å². The van der Waals surface area contributed by atoms with E-state index < -0.39 is 16.5 Å². The quantitative estimate of drug-likeness (QED) is 0.183. The van der Waals surface area contributed by atoms with Gasteiger partial charge in [-0.3, -0.25) is 11.4 Å². The van der Waals surface area contributed by atoms with Crippen molar-refractivity contribution in [2.75, 3.05) is 26.4 Å². The van der Waals surface area contributed by atoms with E-state index in [1.807, 2.05) is 24.3 Å². The number of nitrogens with zero attached hydrogens (tertiary/aromatic N) is 2. The van der Waals surface area contributed by atoms with Gasteiger partial charge in [0, 0.05) is 26.4 Å². The Bertz CT molecular complexity index is 715. The topological polar surface area (TPSA) is 46.7 Å². The van der Waals surface area contributed by atoms with Crippen LogP contribution in [0.25, 0.3) is 9.96 Å². The first kappa shape index (κ1) is 44.6. The summed E-state index contributed by atoms with van der Waals surface area (Å²) < 4.78 is 9.89. The Labute approximate surface area is 300 Å². The molecule has 0 saturated carbocycles. The summed E-state index contributed by atoms with van der Waals surface area (Å²) in [4.78, 5) is 9.72. The zero-order valence-electron chi connectivity index (χ0n) is 26.0. The average Bonchev–Trinajstić information content (AvgIpc) is 3.58. The molecule has 39 heavy (non-hydrogen) atoms. The Kier molecular flexibility index (Phi) is 24.9. The second-order valence-corrected chi connectivity index (χ2v) is 22.5. The van der Waals surface area contributed by atoms with Gasteiger partial charge in [0.1, 0.15) is 0 Å². The second kappa shape index (κ2) is 21.8. The van der Waals surface area contributed by atoms with Gasteiger partial charge >= 0.3 is 53.9 Å². The predicted molar refractivity (Wildman–Crippen MR) is 165 cm³/mol. The van der Waals surface area contributed by atoms with Gasteiger partial charge in [0.15, 0.2) is 0 Å². The van der Waals surface area contributed by atoms with Crippen LogP contribution in [0.1, 0.15) is 67.2 Å². The van der Waals surface area contributed by atoms with Gasteiger partial charge in [-0.05, 0) is 42.2 Å². The van der Waals surface area contributed by atoms with Crippen molar-refractivity contribution in [2.24, 2.45) is 0 Å². The second-order valence-electron chi connectivity index (χ2n) is 12.8. The molecule has 2 heterocycles. The monoisotopic (exact) mass is 888 g/mol. The van der Waals surface area contributed by atoms with E-state index in [4.69, 9.17) is 19.4 Å². The molecule has 2 aliphatic rings. The van der Waals surface area contributed by atoms with E-state index in [-0.39, 0.29) is 77.9 Å². The zero-order chi connectivity index (χ0) is 27.3. The number of hydrogen-bond donors (Lipinski definition) is 0. The maximum atomic E-state index is 4.94. The molecule has 2 aromatic carbocycles. The van der Waals surface area contributed by atoms with Gasteiger partial charge < -0.3 is 43.4 Å². The number of rotatable bonds is 4. The molecule has 2 fully saturated rings. The molecular formula is C30H54FeILuN2O2Si2. The van der Waals surface area contributed by atoms with Crippen molar-refractivity contribution in [1.29, 1.82) is 0 Å². The van der Waals surface area contributed by atoms with E-state index in [0.29, 0.717) is 10.1 Å². The van der Waals surface area contributed by atoms with Crippen molar-refractivity contribution < 1.29 is 87.4 Å². The van der Waals surface area contributed by atoms with Gasteiger partial charge in [-0.25, -0.2) is 24.3 Å². The zero-order valence-corrected chi connectivity index (χ0v) is 32.9. The van der Waals surface area contributed by atoms with Crippen LogP contribution in [0.15, 0.2) is 48.5 Å². The third-order valence-corrected chi connectivity index (χ3v) is 16.4. The molecule has 4 nitrogen and oxygen atoms in total. The van der Waals surface area contributed by atoms with Crippen LogP contribution in [0.4, 0.5) is 11.4 Å².